The van der Waals surface area contributed by atoms with Gasteiger partial charge in [0, 0.05) is 11.1 Å². The summed E-state index contributed by atoms with van der Waals surface area (Å²) in [5.41, 5.74) is 2.32. The Balaban J connectivity index is 2.13. The maximum atomic E-state index is 3.22. The number of rotatable bonds is 1. The molecule has 1 aliphatic carbocycles. The Morgan fingerprint density at radius 2 is 1.71 bits per heavy atom. The summed E-state index contributed by atoms with van der Waals surface area (Å²) >= 11 is 0. The maximum Gasteiger partial charge on any atom is 0.0775 e. The van der Waals surface area contributed by atoms with Gasteiger partial charge in [0.1, 0.15) is 0 Å². The Bertz CT molecular complexity index is 513. The van der Waals surface area contributed by atoms with Crippen molar-refractivity contribution in [2.75, 3.05) is 0 Å². The van der Waals surface area contributed by atoms with Gasteiger partial charge in [-0.25, -0.2) is 0 Å². The summed E-state index contributed by atoms with van der Waals surface area (Å²) in [6, 6.07) is 8.75. The Hall–Kier alpha value is -1.52. The molecule has 0 unspecified atom stereocenters. The molecule has 0 bridgehead atoms. The van der Waals surface area contributed by atoms with Crippen molar-refractivity contribution in [1.29, 1.82) is 0 Å². The first-order valence-corrected chi connectivity index (χ1v) is 9.54. The fourth-order valence-electron chi connectivity index (χ4n) is 1.75. The summed E-state index contributed by atoms with van der Waals surface area (Å²) in [7, 11) is -1.17. The average molecular weight is 238 g/mol. The summed E-state index contributed by atoms with van der Waals surface area (Å²) in [4.78, 5) is 0. The standard InChI is InChI=1S/C16H18Si/c1-17(2,3)16-12-10-15(11-13-16)9-8-14-6-4-5-7-14/h4-6,10-13H,7H2,1-3H3. The fraction of sp³-hybridized carbons (Fsp3) is 0.250. The molecular formula is C16H18Si. The summed E-state index contributed by atoms with van der Waals surface area (Å²) in [5.74, 6) is 6.44. The molecule has 0 N–H and O–H groups in total. The molecule has 0 spiro atoms. The van der Waals surface area contributed by atoms with E-state index in [4.69, 9.17) is 0 Å². The van der Waals surface area contributed by atoms with Crippen molar-refractivity contribution in [3.63, 3.8) is 0 Å². The van der Waals surface area contributed by atoms with Crippen LogP contribution in [-0.4, -0.2) is 8.07 Å². The molecule has 0 saturated heterocycles. The van der Waals surface area contributed by atoms with Gasteiger partial charge in [0.25, 0.3) is 0 Å². The van der Waals surface area contributed by atoms with Crippen LogP contribution in [0.25, 0.3) is 0 Å². The summed E-state index contributed by atoms with van der Waals surface area (Å²) in [6.45, 7) is 7.09. The van der Waals surface area contributed by atoms with E-state index in [0.29, 0.717) is 0 Å². The highest BCUT2D eigenvalue weighted by atomic mass is 28.3. The minimum Gasteiger partial charge on any atom is -0.0794 e. The Morgan fingerprint density at radius 1 is 1.00 bits per heavy atom. The molecule has 0 heterocycles. The van der Waals surface area contributed by atoms with Gasteiger partial charge in [-0.15, -0.1) is 0 Å². The molecule has 2 rings (SSSR count). The zero-order chi connectivity index (χ0) is 12.3. The molecule has 1 aliphatic rings. The molecule has 0 atom stereocenters. The van der Waals surface area contributed by atoms with Gasteiger partial charge in [0.05, 0.1) is 8.07 Å². The van der Waals surface area contributed by atoms with Gasteiger partial charge in [-0.1, -0.05) is 67.0 Å². The van der Waals surface area contributed by atoms with Gasteiger partial charge < -0.3 is 0 Å². The third-order valence-corrected chi connectivity index (χ3v) is 4.95. The molecule has 0 fully saturated rings. The Kier molecular flexibility index (Phi) is 3.35. The van der Waals surface area contributed by atoms with Gasteiger partial charge in [-0.3, -0.25) is 0 Å². The molecule has 0 amide bonds. The van der Waals surface area contributed by atoms with Crippen LogP contribution in [0.1, 0.15) is 12.0 Å². The van der Waals surface area contributed by atoms with Gasteiger partial charge >= 0.3 is 0 Å². The van der Waals surface area contributed by atoms with Crippen molar-refractivity contribution in [3.05, 3.63) is 53.6 Å². The largest absolute Gasteiger partial charge is 0.0794 e. The van der Waals surface area contributed by atoms with Crippen LogP contribution in [0.5, 0.6) is 0 Å². The van der Waals surface area contributed by atoms with E-state index in [1.807, 2.05) is 0 Å². The van der Waals surface area contributed by atoms with E-state index in [1.54, 1.807) is 0 Å². The molecule has 1 aromatic rings. The van der Waals surface area contributed by atoms with Crippen LogP contribution in [-0.2, 0) is 0 Å². The van der Waals surface area contributed by atoms with Crippen LogP contribution in [0, 0.1) is 11.8 Å². The number of allylic oxidation sites excluding steroid dienone is 4. The molecule has 17 heavy (non-hydrogen) atoms. The van der Waals surface area contributed by atoms with Gasteiger partial charge in [-0.2, -0.15) is 0 Å². The SMILES string of the molecule is C[Si](C)(C)c1ccc(C#CC2=CC=CC2)cc1. The number of hydrogen-bond acceptors (Lipinski definition) is 0. The Morgan fingerprint density at radius 3 is 2.24 bits per heavy atom. The zero-order valence-corrected chi connectivity index (χ0v) is 11.7. The molecule has 86 valence electrons. The summed E-state index contributed by atoms with van der Waals surface area (Å²) in [5, 5.41) is 1.49. The smallest absolute Gasteiger partial charge is 0.0775 e. The van der Waals surface area contributed by atoms with Crippen LogP contribution in [0.15, 0.2) is 48.1 Å². The maximum absolute atomic E-state index is 3.22. The average Bonchev–Trinajstić information content (AvgIpc) is 2.78. The zero-order valence-electron chi connectivity index (χ0n) is 10.7. The van der Waals surface area contributed by atoms with Gasteiger partial charge in [-0.05, 0) is 18.6 Å². The molecule has 0 saturated carbocycles. The van der Waals surface area contributed by atoms with Crippen LogP contribution >= 0.6 is 0 Å². The predicted octanol–water partition coefficient (Wildman–Crippen LogP) is 3.47. The fourth-order valence-corrected chi connectivity index (χ4v) is 2.91. The van der Waals surface area contributed by atoms with Crippen LogP contribution < -0.4 is 5.19 Å². The van der Waals surface area contributed by atoms with Crippen molar-refractivity contribution in [3.8, 4) is 11.8 Å². The monoisotopic (exact) mass is 238 g/mol. The molecular weight excluding hydrogens is 220 g/mol. The van der Waals surface area contributed by atoms with E-state index in [-0.39, 0.29) is 0 Å². The quantitative estimate of drug-likeness (QED) is 0.519. The molecule has 1 aromatic carbocycles. The van der Waals surface area contributed by atoms with Crippen molar-refractivity contribution in [1.82, 2.24) is 0 Å². The second-order valence-corrected chi connectivity index (χ2v) is 10.5. The van der Waals surface area contributed by atoms with Crippen molar-refractivity contribution >= 4 is 13.3 Å². The van der Waals surface area contributed by atoms with E-state index in [9.17, 15) is 0 Å². The van der Waals surface area contributed by atoms with E-state index < -0.39 is 8.07 Å². The van der Waals surface area contributed by atoms with Crippen molar-refractivity contribution in [2.45, 2.75) is 26.1 Å². The van der Waals surface area contributed by atoms with E-state index in [1.165, 1.54) is 10.8 Å². The van der Waals surface area contributed by atoms with Crippen LogP contribution in [0.3, 0.4) is 0 Å². The van der Waals surface area contributed by atoms with Crippen LogP contribution in [0.2, 0.25) is 19.6 Å². The second kappa shape index (κ2) is 4.77. The normalized spacial score (nSPS) is 14.2. The van der Waals surface area contributed by atoms with E-state index >= 15 is 0 Å². The third-order valence-electron chi connectivity index (χ3n) is 2.89. The summed E-state index contributed by atoms with van der Waals surface area (Å²) < 4.78 is 0. The first-order chi connectivity index (χ1) is 8.05. The minimum absolute atomic E-state index is 0.986. The third kappa shape index (κ3) is 3.21. The molecule has 0 aliphatic heterocycles. The first-order valence-electron chi connectivity index (χ1n) is 6.04. The molecule has 0 aromatic heterocycles. The first kappa shape index (κ1) is 11.9. The van der Waals surface area contributed by atoms with E-state index in [0.717, 1.165) is 12.0 Å². The highest BCUT2D eigenvalue weighted by Crippen LogP contribution is 2.09. The topological polar surface area (TPSA) is 0 Å². The number of benzene rings is 1. The summed E-state index contributed by atoms with van der Waals surface area (Å²) in [6.07, 6.45) is 7.28. The lowest BCUT2D eigenvalue weighted by Gasteiger charge is -2.15. The number of hydrogen-bond donors (Lipinski definition) is 0. The molecule has 0 nitrogen and oxygen atoms in total. The van der Waals surface area contributed by atoms with Crippen LogP contribution in [0.4, 0.5) is 0 Å². The highest BCUT2D eigenvalue weighted by Gasteiger charge is 2.15. The second-order valence-electron chi connectivity index (χ2n) is 5.40. The highest BCUT2D eigenvalue weighted by molar-refractivity contribution is 6.88. The van der Waals surface area contributed by atoms with Crippen molar-refractivity contribution < 1.29 is 0 Å². The van der Waals surface area contributed by atoms with Crippen molar-refractivity contribution in [2.24, 2.45) is 0 Å². The van der Waals surface area contributed by atoms with Gasteiger partial charge in [0.2, 0.25) is 0 Å². The molecule has 1 heteroatoms. The van der Waals surface area contributed by atoms with E-state index in [2.05, 4.69) is 74.0 Å². The lowest BCUT2D eigenvalue weighted by atomic mass is 10.2. The minimum atomic E-state index is -1.17. The lowest BCUT2D eigenvalue weighted by molar-refractivity contribution is 1.36. The molecule has 0 radical (unpaired) electrons. The lowest BCUT2D eigenvalue weighted by Crippen LogP contribution is -2.37. The Labute approximate surface area is 105 Å². The van der Waals surface area contributed by atoms with Gasteiger partial charge in [0.15, 0.2) is 0 Å². The predicted molar refractivity (Wildman–Crippen MR) is 78.1 cm³/mol.